The van der Waals surface area contributed by atoms with Crippen LogP contribution in [0.2, 0.25) is 0 Å². The van der Waals surface area contributed by atoms with Gasteiger partial charge >= 0.3 is 0 Å². The van der Waals surface area contributed by atoms with Crippen molar-refractivity contribution in [2.75, 3.05) is 4.90 Å². The van der Waals surface area contributed by atoms with Crippen molar-refractivity contribution in [3.8, 4) is 23.3 Å². The van der Waals surface area contributed by atoms with Crippen LogP contribution in [0.4, 0.5) is 11.4 Å². The van der Waals surface area contributed by atoms with E-state index in [1.54, 1.807) is 11.3 Å². The summed E-state index contributed by atoms with van der Waals surface area (Å²) in [6.07, 6.45) is 8.78. The van der Waals surface area contributed by atoms with Crippen molar-refractivity contribution in [1.82, 2.24) is 0 Å². The maximum Gasteiger partial charge on any atom is 0.101 e. The fraction of sp³-hybridized carbons (Fsp3) is 0.0526. The zero-order chi connectivity index (χ0) is 28.7. The van der Waals surface area contributed by atoms with Gasteiger partial charge in [0.05, 0.1) is 28.9 Å². The molecule has 2 aliphatic rings. The van der Waals surface area contributed by atoms with Gasteiger partial charge in [-0.1, -0.05) is 66.8 Å². The molecule has 5 heteroatoms. The van der Waals surface area contributed by atoms with Gasteiger partial charge in [0.25, 0.3) is 0 Å². The number of hydrogen-bond acceptors (Lipinski definition) is 5. The quantitative estimate of drug-likeness (QED) is 0.203. The van der Waals surface area contributed by atoms with E-state index < -0.39 is 0 Å². The first kappa shape index (κ1) is 24.4. The summed E-state index contributed by atoms with van der Waals surface area (Å²) in [5.74, 6) is 0.242. The molecule has 9 rings (SSSR count). The zero-order valence-corrected chi connectivity index (χ0v) is 24.4. The molecule has 0 spiro atoms. The predicted octanol–water partition coefficient (Wildman–Crippen LogP) is 10.6. The van der Waals surface area contributed by atoms with E-state index in [1.165, 1.54) is 40.5 Å². The normalized spacial score (nSPS) is 17.0. The van der Waals surface area contributed by atoms with Gasteiger partial charge in [-0.3, -0.25) is 0 Å². The van der Waals surface area contributed by atoms with Crippen LogP contribution in [0.25, 0.3) is 51.5 Å². The minimum absolute atomic E-state index is 0.109. The summed E-state index contributed by atoms with van der Waals surface area (Å²) in [6, 6.07) is 36.8. The van der Waals surface area contributed by atoms with Crippen LogP contribution in [0.1, 0.15) is 22.6 Å². The molecule has 5 aromatic carbocycles. The zero-order valence-electron chi connectivity index (χ0n) is 22.8. The molecule has 2 unspecified atom stereocenters. The van der Waals surface area contributed by atoms with Gasteiger partial charge in [-0.25, -0.2) is 0 Å². The number of rotatable bonds is 2. The minimum Gasteiger partial charge on any atom is -0.332 e. The Balaban J connectivity index is 1.30. The van der Waals surface area contributed by atoms with Crippen molar-refractivity contribution in [1.29, 1.82) is 10.5 Å². The molecule has 1 aliphatic carbocycles. The summed E-state index contributed by atoms with van der Waals surface area (Å²) in [5.41, 5.74) is 6.91. The van der Waals surface area contributed by atoms with E-state index in [0.29, 0.717) is 11.1 Å². The molecule has 0 radical (unpaired) electrons. The van der Waals surface area contributed by atoms with Gasteiger partial charge in [-0.2, -0.15) is 10.5 Å². The molecule has 43 heavy (non-hydrogen) atoms. The summed E-state index contributed by atoms with van der Waals surface area (Å²) in [6.45, 7) is 0. The van der Waals surface area contributed by atoms with Crippen LogP contribution in [0.3, 0.4) is 0 Å². The van der Waals surface area contributed by atoms with Crippen molar-refractivity contribution in [2.45, 2.75) is 12.0 Å². The smallest absolute Gasteiger partial charge is 0.101 e. The Morgan fingerprint density at radius 3 is 2.42 bits per heavy atom. The van der Waals surface area contributed by atoms with E-state index in [4.69, 9.17) is 0 Å². The van der Waals surface area contributed by atoms with Gasteiger partial charge in [0.1, 0.15) is 6.07 Å². The average molecular weight is 584 g/mol. The molecule has 0 saturated carbocycles. The van der Waals surface area contributed by atoms with Crippen LogP contribution >= 0.6 is 22.7 Å². The highest BCUT2D eigenvalue weighted by atomic mass is 32.1. The Kier molecular flexibility index (Phi) is 5.19. The van der Waals surface area contributed by atoms with Crippen LogP contribution < -0.4 is 4.90 Å². The molecule has 0 fully saturated rings. The lowest BCUT2D eigenvalue weighted by atomic mass is 9.91. The summed E-state index contributed by atoms with van der Waals surface area (Å²) >= 11 is 3.61. The van der Waals surface area contributed by atoms with Crippen molar-refractivity contribution >= 4 is 74.4 Å². The molecule has 0 saturated heterocycles. The van der Waals surface area contributed by atoms with Crippen molar-refractivity contribution in [2.24, 2.45) is 0 Å². The Labute approximate surface area is 256 Å². The lowest BCUT2D eigenvalue weighted by Gasteiger charge is -2.31. The Morgan fingerprint density at radius 2 is 1.51 bits per heavy atom. The van der Waals surface area contributed by atoms with Crippen LogP contribution in [0.15, 0.2) is 115 Å². The number of anilines is 2. The van der Waals surface area contributed by atoms with Gasteiger partial charge in [-0.05, 0) is 59.7 Å². The Hall–Kier alpha value is -5.20. The Morgan fingerprint density at radius 1 is 0.674 bits per heavy atom. The average Bonchev–Trinajstić information content (AvgIpc) is 3.73. The van der Waals surface area contributed by atoms with Crippen molar-refractivity contribution < 1.29 is 0 Å². The number of hydrogen-bond donors (Lipinski definition) is 0. The van der Waals surface area contributed by atoms with Gasteiger partial charge in [0.2, 0.25) is 0 Å². The molecule has 1 aliphatic heterocycles. The van der Waals surface area contributed by atoms with E-state index in [-0.39, 0.29) is 12.0 Å². The lowest BCUT2D eigenvalue weighted by Crippen LogP contribution is -2.29. The first-order valence-electron chi connectivity index (χ1n) is 14.2. The minimum atomic E-state index is 0.109. The van der Waals surface area contributed by atoms with Gasteiger partial charge in [0.15, 0.2) is 0 Å². The van der Waals surface area contributed by atoms with Crippen molar-refractivity contribution in [3.05, 3.63) is 132 Å². The van der Waals surface area contributed by atoms with Crippen LogP contribution in [-0.4, -0.2) is 6.04 Å². The van der Waals surface area contributed by atoms with Crippen molar-refractivity contribution in [3.63, 3.8) is 0 Å². The molecule has 0 amide bonds. The number of fused-ring (bicyclic) bond motifs is 10. The lowest BCUT2D eigenvalue weighted by molar-refractivity contribution is 0.744. The van der Waals surface area contributed by atoms with E-state index in [9.17, 15) is 10.5 Å². The standard InChI is InChI=1S/C38H21N3S2/c39-20-22-12-15-33-29(18-22)28-14-17-35-36(38(28)43-33)30-19-23(13-16-34(30)42-35)25-9-5-6-24(21-40)37(25)41-31-10-3-1-7-26(31)27-8-2-4-11-32(27)41/h1-19,26,31H. The maximum atomic E-state index is 10.4. The third kappa shape index (κ3) is 3.44. The van der Waals surface area contributed by atoms with E-state index in [2.05, 4.69) is 108 Å². The fourth-order valence-corrected chi connectivity index (χ4v) is 9.41. The largest absolute Gasteiger partial charge is 0.332 e. The highest BCUT2D eigenvalue weighted by Gasteiger charge is 2.39. The number of benzene rings is 5. The third-order valence-corrected chi connectivity index (χ3v) is 11.2. The van der Waals surface area contributed by atoms with Crippen LogP contribution in [0, 0.1) is 22.7 Å². The maximum absolute atomic E-state index is 10.4. The fourth-order valence-electron chi connectivity index (χ4n) is 7.01. The molecule has 0 N–H and O–H groups in total. The van der Waals surface area contributed by atoms with E-state index in [0.717, 1.165) is 27.9 Å². The molecule has 2 aromatic heterocycles. The van der Waals surface area contributed by atoms with E-state index >= 15 is 0 Å². The number of allylic oxidation sites excluding steroid dienone is 2. The topological polar surface area (TPSA) is 50.8 Å². The molecule has 3 nitrogen and oxygen atoms in total. The number of nitriles is 2. The summed E-state index contributed by atoms with van der Waals surface area (Å²) in [5, 5.41) is 24.7. The summed E-state index contributed by atoms with van der Waals surface area (Å²) in [4.78, 5) is 2.38. The predicted molar refractivity (Wildman–Crippen MR) is 180 cm³/mol. The summed E-state index contributed by atoms with van der Waals surface area (Å²) < 4.78 is 4.95. The molecule has 0 bridgehead atoms. The van der Waals surface area contributed by atoms with Gasteiger partial charge in [-0.15, -0.1) is 22.7 Å². The molecule has 200 valence electrons. The second kappa shape index (κ2) is 9.15. The monoisotopic (exact) mass is 583 g/mol. The highest BCUT2D eigenvalue weighted by Crippen LogP contribution is 2.51. The summed E-state index contributed by atoms with van der Waals surface area (Å²) in [7, 11) is 0. The first-order valence-corrected chi connectivity index (χ1v) is 15.8. The molecule has 3 heterocycles. The van der Waals surface area contributed by atoms with E-state index in [1.807, 2.05) is 35.6 Å². The first-order chi connectivity index (χ1) is 21.2. The SMILES string of the molecule is N#Cc1ccc2sc3c(ccc4sc5ccc(-c6cccc(C#N)c6N6c7ccccc7C7C=CC=CC76)cc5c43)c2c1. The van der Waals surface area contributed by atoms with Gasteiger partial charge < -0.3 is 4.90 Å². The molecular formula is C38H21N3S2. The third-order valence-electron chi connectivity index (χ3n) is 8.87. The second-order valence-corrected chi connectivity index (χ2v) is 13.2. The second-order valence-electron chi connectivity index (χ2n) is 11.1. The molecule has 2 atom stereocenters. The number of para-hydroxylation sites is 2. The van der Waals surface area contributed by atoms with Crippen LogP contribution in [-0.2, 0) is 0 Å². The van der Waals surface area contributed by atoms with Gasteiger partial charge in [0, 0.05) is 57.5 Å². The molecular weight excluding hydrogens is 563 g/mol. The highest BCUT2D eigenvalue weighted by molar-refractivity contribution is 7.29. The Bertz CT molecular complexity index is 2460. The molecule has 7 aromatic rings. The number of nitrogens with zero attached hydrogens (tertiary/aromatic N) is 3. The van der Waals surface area contributed by atoms with Crippen LogP contribution in [0.5, 0.6) is 0 Å². The number of thiophene rings is 2.